The molecule has 0 aromatic rings. The number of nitrogens with one attached hydrogen (secondary N) is 1. The summed E-state index contributed by atoms with van der Waals surface area (Å²) in [6.07, 6.45) is 6.05. The molecule has 2 atom stereocenters. The molecule has 1 saturated carbocycles. The highest BCUT2D eigenvalue weighted by atomic mass is 32.2. The van der Waals surface area contributed by atoms with Crippen LogP contribution in [0.2, 0.25) is 0 Å². The molecule has 15 heavy (non-hydrogen) atoms. The van der Waals surface area contributed by atoms with E-state index in [4.69, 9.17) is 5.73 Å². The molecule has 1 saturated heterocycles. The van der Waals surface area contributed by atoms with E-state index in [1.165, 1.54) is 19.3 Å². The van der Waals surface area contributed by atoms with Gasteiger partial charge in [-0.1, -0.05) is 6.42 Å². The van der Waals surface area contributed by atoms with Gasteiger partial charge in [0, 0.05) is 34.4 Å². The van der Waals surface area contributed by atoms with Gasteiger partial charge in [-0.05, 0) is 38.1 Å². The second-order valence-electron chi connectivity index (χ2n) is 4.82. The van der Waals surface area contributed by atoms with E-state index < -0.39 is 10.8 Å². The Bertz CT molecular complexity index is 225. The summed E-state index contributed by atoms with van der Waals surface area (Å²) in [5, 5.41) is 3.72. The largest absolute Gasteiger partial charge is 0.330 e. The smallest absolute Gasteiger partial charge is 0.0249 e. The van der Waals surface area contributed by atoms with E-state index in [1.54, 1.807) is 0 Å². The SMILES string of the molecule is NCC1CCCC1NC1CCS(=O)CC1. The summed E-state index contributed by atoms with van der Waals surface area (Å²) in [5.41, 5.74) is 5.76. The molecule has 2 fully saturated rings. The molecule has 4 heteroatoms. The third-order valence-corrected chi connectivity index (χ3v) is 5.18. The summed E-state index contributed by atoms with van der Waals surface area (Å²) in [6, 6.07) is 1.23. The Morgan fingerprint density at radius 2 is 1.93 bits per heavy atom. The van der Waals surface area contributed by atoms with Gasteiger partial charge < -0.3 is 11.1 Å². The van der Waals surface area contributed by atoms with Crippen LogP contribution in [0.15, 0.2) is 0 Å². The van der Waals surface area contributed by atoms with Crippen LogP contribution in [-0.4, -0.2) is 34.3 Å². The quantitative estimate of drug-likeness (QED) is 0.747. The molecule has 0 aromatic heterocycles. The first-order valence-electron chi connectivity index (χ1n) is 6.10. The molecule has 0 aromatic carbocycles. The summed E-state index contributed by atoms with van der Waals surface area (Å²) in [7, 11) is -0.539. The number of nitrogens with two attached hydrogens (primary N) is 1. The molecule has 2 unspecified atom stereocenters. The van der Waals surface area contributed by atoms with Gasteiger partial charge in [-0.3, -0.25) is 4.21 Å². The number of hydrogen-bond donors (Lipinski definition) is 2. The van der Waals surface area contributed by atoms with Crippen LogP contribution in [0.5, 0.6) is 0 Å². The van der Waals surface area contributed by atoms with Crippen LogP contribution >= 0.6 is 0 Å². The van der Waals surface area contributed by atoms with Crippen molar-refractivity contribution in [2.75, 3.05) is 18.1 Å². The fourth-order valence-corrected chi connectivity index (χ4v) is 4.10. The van der Waals surface area contributed by atoms with Crippen molar-refractivity contribution in [3.8, 4) is 0 Å². The minimum Gasteiger partial charge on any atom is -0.330 e. The van der Waals surface area contributed by atoms with E-state index in [2.05, 4.69) is 5.32 Å². The Morgan fingerprint density at radius 3 is 2.60 bits per heavy atom. The Morgan fingerprint density at radius 1 is 1.20 bits per heavy atom. The van der Waals surface area contributed by atoms with Crippen molar-refractivity contribution in [2.24, 2.45) is 11.7 Å². The lowest BCUT2D eigenvalue weighted by atomic mass is 10.0. The monoisotopic (exact) mass is 230 g/mol. The van der Waals surface area contributed by atoms with Crippen molar-refractivity contribution in [3.63, 3.8) is 0 Å². The maximum atomic E-state index is 11.2. The molecule has 3 N–H and O–H groups in total. The van der Waals surface area contributed by atoms with Crippen LogP contribution in [-0.2, 0) is 10.8 Å². The molecule has 0 bridgehead atoms. The highest BCUT2D eigenvalue weighted by Gasteiger charge is 2.29. The average molecular weight is 230 g/mol. The lowest BCUT2D eigenvalue weighted by Gasteiger charge is -2.29. The van der Waals surface area contributed by atoms with Gasteiger partial charge in [-0.25, -0.2) is 0 Å². The minimum atomic E-state index is -0.539. The Hall–Kier alpha value is 0.0700. The normalized spacial score (nSPS) is 41.9. The van der Waals surface area contributed by atoms with Gasteiger partial charge in [-0.15, -0.1) is 0 Å². The minimum absolute atomic E-state index is 0.539. The van der Waals surface area contributed by atoms with Crippen molar-refractivity contribution in [2.45, 2.75) is 44.2 Å². The van der Waals surface area contributed by atoms with Gasteiger partial charge >= 0.3 is 0 Å². The van der Waals surface area contributed by atoms with Gasteiger partial charge in [-0.2, -0.15) is 0 Å². The molecule has 1 aliphatic carbocycles. The maximum Gasteiger partial charge on any atom is 0.0249 e. The van der Waals surface area contributed by atoms with Gasteiger partial charge in [0.25, 0.3) is 0 Å². The van der Waals surface area contributed by atoms with Crippen molar-refractivity contribution < 1.29 is 4.21 Å². The molecule has 0 spiro atoms. The van der Waals surface area contributed by atoms with E-state index in [-0.39, 0.29) is 0 Å². The highest BCUT2D eigenvalue weighted by molar-refractivity contribution is 7.85. The second kappa shape index (κ2) is 5.41. The average Bonchev–Trinajstić information content (AvgIpc) is 2.69. The van der Waals surface area contributed by atoms with Gasteiger partial charge in [0.1, 0.15) is 0 Å². The van der Waals surface area contributed by atoms with E-state index >= 15 is 0 Å². The zero-order valence-electron chi connectivity index (χ0n) is 9.28. The number of hydrogen-bond acceptors (Lipinski definition) is 3. The maximum absolute atomic E-state index is 11.2. The van der Waals surface area contributed by atoms with E-state index in [0.717, 1.165) is 30.9 Å². The molecule has 2 aliphatic rings. The van der Waals surface area contributed by atoms with E-state index in [9.17, 15) is 4.21 Å². The third kappa shape index (κ3) is 3.02. The summed E-state index contributed by atoms with van der Waals surface area (Å²) < 4.78 is 11.2. The molecule has 0 amide bonds. The third-order valence-electron chi connectivity index (χ3n) is 3.80. The van der Waals surface area contributed by atoms with Gasteiger partial charge in [0.2, 0.25) is 0 Å². The van der Waals surface area contributed by atoms with Crippen molar-refractivity contribution in [1.82, 2.24) is 5.32 Å². The molecular weight excluding hydrogens is 208 g/mol. The van der Waals surface area contributed by atoms with Crippen LogP contribution < -0.4 is 11.1 Å². The molecule has 2 rings (SSSR count). The Kier molecular flexibility index (Phi) is 4.17. The summed E-state index contributed by atoms with van der Waals surface area (Å²) in [6.45, 7) is 0.816. The lowest BCUT2D eigenvalue weighted by Crippen LogP contribution is -2.45. The lowest BCUT2D eigenvalue weighted by molar-refractivity contribution is 0.345. The standard InChI is InChI=1S/C11H22N2OS/c12-8-9-2-1-3-11(9)13-10-4-6-15(14)7-5-10/h9-11,13H,1-8,12H2. The first-order valence-corrected chi connectivity index (χ1v) is 7.59. The predicted molar refractivity (Wildman–Crippen MR) is 64.2 cm³/mol. The van der Waals surface area contributed by atoms with Gasteiger partial charge in [0.15, 0.2) is 0 Å². The van der Waals surface area contributed by atoms with Crippen LogP contribution in [0.4, 0.5) is 0 Å². The molecule has 0 radical (unpaired) electrons. The highest BCUT2D eigenvalue weighted by Crippen LogP contribution is 2.26. The Labute approximate surface area is 94.6 Å². The molecule has 1 heterocycles. The zero-order chi connectivity index (χ0) is 10.7. The van der Waals surface area contributed by atoms with Crippen molar-refractivity contribution in [3.05, 3.63) is 0 Å². The fraction of sp³-hybridized carbons (Fsp3) is 1.00. The summed E-state index contributed by atoms with van der Waals surface area (Å²) in [5.74, 6) is 2.45. The second-order valence-corrected chi connectivity index (χ2v) is 6.52. The first kappa shape index (κ1) is 11.6. The topological polar surface area (TPSA) is 55.1 Å². The van der Waals surface area contributed by atoms with Crippen molar-refractivity contribution >= 4 is 10.8 Å². The van der Waals surface area contributed by atoms with E-state index in [1.807, 2.05) is 0 Å². The fourth-order valence-electron chi connectivity index (χ4n) is 2.80. The summed E-state index contributed by atoms with van der Waals surface area (Å²) >= 11 is 0. The van der Waals surface area contributed by atoms with Crippen LogP contribution in [0.3, 0.4) is 0 Å². The Balaban J connectivity index is 1.78. The van der Waals surface area contributed by atoms with E-state index in [0.29, 0.717) is 18.0 Å². The molecule has 88 valence electrons. The van der Waals surface area contributed by atoms with Gasteiger partial charge in [0.05, 0.1) is 0 Å². The van der Waals surface area contributed by atoms with Crippen LogP contribution in [0, 0.1) is 5.92 Å². The molecule has 1 aliphatic heterocycles. The summed E-state index contributed by atoms with van der Waals surface area (Å²) in [4.78, 5) is 0. The molecule has 3 nitrogen and oxygen atoms in total. The van der Waals surface area contributed by atoms with Crippen LogP contribution in [0.25, 0.3) is 0 Å². The molecular formula is C11H22N2OS. The predicted octanol–water partition coefficient (Wildman–Crippen LogP) is 0.614. The zero-order valence-corrected chi connectivity index (χ0v) is 10.1. The van der Waals surface area contributed by atoms with Crippen molar-refractivity contribution in [1.29, 1.82) is 0 Å². The first-order chi connectivity index (χ1) is 7.29. The number of rotatable bonds is 3. The van der Waals surface area contributed by atoms with Crippen LogP contribution in [0.1, 0.15) is 32.1 Å².